The normalized spacial score (nSPS) is 24.1. The first-order valence-corrected chi connectivity index (χ1v) is 8.66. The highest BCUT2D eigenvalue weighted by Gasteiger charge is 2.23. The number of nitrogens with two attached hydrogens (primary N) is 1. The first-order valence-electron chi connectivity index (χ1n) is 6.77. The first kappa shape index (κ1) is 14.3. The fraction of sp³-hybridized carbons (Fsp3) is 0.571. The molecule has 0 amide bonds. The van der Waals surface area contributed by atoms with Gasteiger partial charge in [-0.15, -0.1) is 0 Å². The molecule has 0 saturated heterocycles. The third-order valence-electron chi connectivity index (χ3n) is 3.85. The third kappa shape index (κ3) is 3.70. The molecule has 2 unspecified atom stereocenters. The van der Waals surface area contributed by atoms with Crippen molar-refractivity contribution in [3.8, 4) is 0 Å². The highest BCUT2D eigenvalue weighted by molar-refractivity contribution is 7.90. The van der Waals surface area contributed by atoms with E-state index < -0.39 is 9.84 Å². The lowest BCUT2D eigenvalue weighted by molar-refractivity contribution is 0.332. The number of hydrogen-bond acceptors (Lipinski definition) is 4. The zero-order valence-electron chi connectivity index (χ0n) is 11.3. The Morgan fingerprint density at radius 1 is 1.21 bits per heavy atom. The molecule has 19 heavy (non-hydrogen) atoms. The number of rotatable bonds is 4. The second-order valence-electron chi connectivity index (χ2n) is 5.33. The van der Waals surface area contributed by atoms with E-state index in [0.29, 0.717) is 23.4 Å². The second kappa shape index (κ2) is 5.92. The minimum absolute atomic E-state index is 0.358. The summed E-state index contributed by atoms with van der Waals surface area (Å²) in [5, 5.41) is 3.49. The maximum absolute atomic E-state index is 11.4. The molecule has 1 saturated carbocycles. The number of hydrogen-bond donors (Lipinski definition) is 2. The molecule has 1 aromatic carbocycles. The molecule has 0 radical (unpaired) electrons. The molecule has 4 nitrogen and oxygen atoms in total. The van der Waals surface area contributed by atoms with Crippen LogP contribution in [0.4, 0.5) is 5.69 Å². The van der Waals surface area contributed by atoms with E-state index in [-0.39, 0.29) is 0 Å². The molecule has 0 aromatic heterocycles. The van der Waals surface area contributed by atoms with E-state index in [9.17, 15) is 8.42 Å². The van der Waals surface area contributed by atoms with Gasteiger partial charge in [-0.05, 0) is 49.6 Å². The van der Waals surface area contributed by atoms with Gasteiger partial charge in [0.25, 0.3) is 0 Å². The van der Waals surface area contributed by atoms with Crippen LogP contribution in [0.25, 0.3) is 0 Å². The number of nitrogens with one attached hydrogen (secondary N) is 1. The Morgan fingerprint density at radius 3 is 2.42 bits per heavy atom. The smallest absolute Gasteiger partial charge is 0.175 e. The van der Waals surface area contributed by atoms with Crippen molar-refractivity contribution in [2.24, 2.45) is 11.7 Å². The van der Waals surface area contributed by atoms with Gasteiger partial charge >= 0.3 is 0 Å². The molecule has 1 aliphatic carbocycles. The van der Waals surface area contributed by atoms with Gasteiger partial charge in [-0.25, -0.2) is 8.42 Å². The summed E-state index contributed by atoms with van der Waals surface area (Å²) in [6, 6.07) is 7.37. The van der Waals surface area contributed by atoms with Crippen LogP contribution in [0.2, 0.25) is 0 Å². The Morgan fingerprint density at radius 2 is 1.84 bits per heavy atom. The summed E-state index contributed by atoms with van der Waals surface area (Å²) in [6.07, 6.45) is 6.02. The Bertz CT molecular complexity index is 511. The Labute approximate surface area is 115 Å². The van der Waals surface area contributed by atoms with Crippen molar-refractivity contribution in [1.82, 2.24) is 0 Å². The summed E-state index contributed by atoms with van der Waals surface area (Å²) >= 11 is 0. The SMILES string of the molecule is CS(=O)(=O)c1ccc(NC2CCCCC2CN)cc1. The van der Waals surface area contributed by atoms with Crippen molar-refractivity contribution in [2.45, 2.75) is 36.6 Å². The highest BCUT2D eigenvalue weighted by Crippen LogP contribution is 2.27. The summed E-state index contributed by atoms with van der Waals surface area (Å²) in [5.74, 6) is 0.517. The van der Waals surface area contributed by atoms with Gasteiger partial charge in [0.15, 0.2) is 9.84 Å². The van der Waals surface area contributed by atoms with E-state index in [4.69, 9.17) is 5.73 Å². The summed E-state index contributed by atoms with van der Waals surface area (Å²) in [6.45, 7) is 0.707. The van der Waals surface area contributed by atoms with Crippen LogP contribution in [0, 0.1) is 5.92 Å². The predicted molar refractivity (Wildman–Crippen MR) is 78.0 cm³/mol. The fourth-order valence-corrected chi connectivity index (χ4v) is 3.32. The lowest BCUT2D eigenvalue weighted by atomic mass is 9.84. The molecule has 2 atom stereocenters. The molecule has 0 bridgehead atoms. The van der Waals surface area contributed by atoms with Crippen LogP contribution in [0.1, 0.15) is 25.7 Å². The van der Waals surface area contributed by atoms with Gasteiger partial charge in [0, 0.05) is 18.0 Å². The molecule has 1 fully saturated rings. The van der Waals surface area contributed by atoms with Crippen LogP contribution < -0.4 is 11.1 Å². The first-order chi connectivity index (χ1) is 9.00. The van der Waals surface area contributed by atoms with Crippen LogP contribution in [0.3, 0.4) is 0 Å². The number of sulfone groups is 1. The van der Waals surface area contributed by atoms with Crippen LogP contribution in [0.15, 0.2) is 29.2 Å². The molecule has 0 spiro atoms. The monoisotopic (exact) mass is 282 g/mol. The molecule has 106 valence electrons. The maximum Gasteiger partial charge on any atom is 0.175 e. The number of anilines is 1. The van der Waals surface area contributed by atoms with E-state index in [1.165, 1.54) is 25.5 Å². The summed E-state index contributed by atoms with van der Waals surface area (Å²) in [4.78, 5) is 0.358. The maximum atomic E-state index is 11.4. The molecular weight excluding hydrogens is 260 g/mol. The quantitative estimate of drug-likeness (QED) is 0.886. The highest BCUT2D eigenvalue weighted by atomic mass is 32.2. The molecule has 1 aliphatic rings. The van der Waals surface area contributed by atoms with E-state index in [2.05, 4.69) is 5.32 Å². The number of benzene rings is 1. The molecule has 0 heterocycles. The van der Waals surface area contributed by atoms with Crippen molar-refractivity contribution < 1.29 is 8.42 Å². The third-order valence-corrected chi connectivity index (χ3v) is 4.97. The minimum atomic E-state index is -3.12. The van der Waals surface area contributed by atoms with E-state index in [1.54, 1.807) is 12.1 Å². The molecular formula is C14H22N2O2S. The Hall–Kier alpha value is -1.07. The van der Waals surface area contributed by atoms with Crippen molar-refractivity contribution in [3.05, 3.63) is 24.3 Å². The van der Waals surface area contributed by atoms with E-state index >= 15 is 0 Å². The van der Waals surface area contributed by atoms with E-state index in [1.807, 2.05) is 12.1 Å². The van der Waals surface area contributed by atoms with Crippen molar-refractivity contribution in [1.29, 1.82) is 0 Å². The fourth-order valence-electron chi connectivity index (χ4n) is 2.69. The van der Waals surface area contributed by atoms with Crippen molar-refractivity contribution in [3.63, 3.8) is 0 Å². The van der Waals surface area contributed by atoms with Crippen LogP contribution in [-0.4, -0.2) is 27.3 Å². The van der Waals surface area contributed by atoms with Gasteiger partial charge in [0.2, 0.25) is 0 Å². The standard InChI is InChI=1S/C14H22N2O2S/c1-19(17,18)13-8-6-12(7-9-13)16-14-5-3-2-4-11(14)10-15/h6-9,11,14,16H,2-5,10,15H2,1H3. The summed E-state index contributed by atoms with van der Waals surface area (Å²) < 4.78 is 22.8. The van der Waals surface area contributed by atoms with Crippen LogP contribution in [0.5, 0.6) is 0 Å². The van der Waals surface area contributed by atoms with E-state index in [0.717, 1.165) is 12.1 Å². The molecule has 2 rings (SSSR count). The van der Waals surface area contributed by atoms with Crippen molar-refractivity contribution >= 4 is 15.5 Å². The molecule has 5 heteroatoms. The van der Waals surface area contributed by atoms with Gasteiger partial charge in [-0.2, -0.15) is 0 Å². The van der Waals surface area contributed by atoms with Gasteiger partial charge in [0.05, 0.1) is 4.90 Å². The van der Waals surface area contributed by atoms with Crippen LogP contribution in [-0.2, 0) is 9.84 Å². The lowest BCUT2D eigenvalue weighted by Crippen LogP contribution is -2.36. The van der Waals surface area contributed by atoms with Gasteiger partial charge in [-0.1, -0.05) is 12.8 Å². The average molecular weight is 282 g/mol. The summed E-state index contributed by atoms with van der Waals surface area (Å²) in [7, 11) is -3.12. The largest absolute Gasteiger partial charge is 0.382 e. The second-order valence-corrected chi connectivity index (χ2v) is 7.34. The van der Waals surface area contributed by atoms with Gasteiger partial charge in [-0.3, -0.25) is 0 Å². The molecule has 0 aliphatic heterocycles. The van der Waals surface area contributed by atoms with Crippen LogP contribution >= 0.6 is 0 Å². The molecule has 1 aromatic rings. The lowest BCUT2D eigenvalue weighted by Gasteiger charge is -2.32. The topological polar surface area (TPSA) is 72.2 Å². The average Bonchev–Trinajstić information content (AvgIpc) is 2.39. The zero-order valence-corrected chi connectivity index (χ0v) is 12.1. The van der Waals surface area contributed by atoms with Gasteiger partial charge < -0.3 is 11.1 Å². The van der Waals surface area contributed by atoms with Crippen molar-refractivity contribution in [2.75, 3.05) is 18.1 Å². The van der Waals surface area contributed by atoms with Gasteiger partial charge in [0.1, 0.15) is 0 Å². The Balaban J connectivity index is 2.06. The predicted octanol–water partition coefficient (Wildman–Crippen LogP) is 2.02. The summed E-state index contributed by atoms with van der Waals surface area (Å²) in [5.41, 5.74) is 6.78. The Kier molecular flexibility index (Phi) is 4.47. The molecule has 3 N–H and O–H groups in total. The zero-order chi connectivity index (χ0) is 13.9. The minimum Gasteiger partial charge on any atom is -0.382 e.